The van der Waals surface area contributed by atoms with Gasteiger partial charge in [0.05, 0.1) is 12.6 Å². The van der Waals surface area contributed by atoms with Gasteiger partial charge in [0.2, 0.25) is 0 Å². The van der Waals surface area contributed by atoms with Crippen LogP contribution in [0.3, 0.4) is 0 Å². The summed E-state index contributed by atoms with van der Waals surface area (Å²) in [6.07, 6.45) is -2.16. The van der Waals surface area contributed by atoms with Crippen LogP contribution in [0.4, 0.5) is 0 Å². The van der Waals surface area contributed by atoms with Gasteiger partial charge in [0.15, 0.2) is 0 Å². The molecule has 0 aliphatic carbocycles. The van der Waals surface area contributed by atoms with Gasteiger partial charge in [0, 0.05) is 21.1 Å². The number of benzene rings is 1. The average molecular weight is 256 g/mol. The molecular weight excluding hydrogens is 246 g/mol. The lowest BCUT2D eigenvalue weighted by Gasteiger charge is -2.18. The lowest BCUT2D eigenvalue weighted by atomic mass is 9.99. The minimum absolute atomic E-state index is 0.129. The molecule has 1 aromatic carbocycles. The van der Waals surface area contributed by atoms with Crippen molar-refractivity contribution in [3.63, 3.8) is 0 Å². The molecule has 0 amide bonds. The van der Waals surface area contributed by atoms with E-state index in [1.165, 1.54) is 12.1 Å². The van der Waals surface area contributed by atoms with Crippen LogP contribution in [-0.4, -0.2) is 29.1 Å². The molecule has 0 bridgehead atoms. The molecule has 17 heavy (non-hydrogen) atoms. The highest BCUT2D eigenvalue weighted by atomic mass is 35.5. The quantitative estimate of drug-likeness (QED) is 0.363. The van der Waals surface area contributed by atoms with Gasteiger partial charge in [-0.05, 0) is 11.6 Å². The van der Waals surface area contributed by atoms with Crippen LogP contribution in [0.1, 0.15) is 22.0 Å². The lowest BCUT2D eigenvalue weighted by molar-refractivity contribution is 0.0241. The number of hydrogen-bond donors (Lipinski definition) is 2. The van der Waals surface area contributed by atoms with Crippen molar-refractivity contribution in [1.29, 1.82) is 0 Å². The second-order valence-corrected chi connectivity index (χ2v) is 3.69. The van der Waals surface area contributed by atoms with Crippen molar-refractivity contribution in [3.05, 3.63) is 44.8 Å². The minimum atomic E-state index is -1.38. The summed E-state index contributed by atoms with van der Waals surface area (Å²) in [6.45, 7) is -0.304. The number of carbonyl (C=O) groups is 1. The van der Waals surface area contributed by atoms with Crippen molar-refractivity contribution < 1.29 is 15.0 Å². The monoisotopic (exact) mass is 255 g/mol. The Balaban J connectivity index is 3.05. The maximum Gasteiger partial charge on any atom is 0.150 e. The number of aliphatic hydroxyl groups is 2. The summed E-state index contributed by atoms with van der Waals surface area (Å²) in [5.74, 6) is 0. The topological polar surface area (TPSA) is 106 Å². The predicted octanol–water partition coefficient (Wildman–Crippen LogP) is 1.86. The van der Waals surface area contributed by atoms with E-state index in [1.807, 2.05) is 0 Å². The van der Waals surface area contributed by atoms with Gasteiger partial charge in [0.25, 0.3) is 0 Å². The van der Waals surface area contributed by atoms with Gasteiger partial charge in [0.1, 0.15) is 12.4 Å². The van der Waals surface area contributed by atoms with Crippen molar-refractivity contribution in [2.45, 2.75) is 12.2 Å². The molecule has 90 valence electrons. The lowest BCUT2D eigenvalue weighted by Crippen LogP contribution is -2.22. The fraction of sp³-hybridized carbons (Fsp3) is 0.300. The Morgan fingerprint density at radius 3 is 2.82 bits per heavy atom. The van der Waals surface area contributed by atoms with Gasteiger partial charge in [-0.15, -0.1) is 0 Å². The van der Waals surface area contributed by atoms with Gasteiger partial charge >= 0.3 is 0 Å². The van der Waals surface area contributed by atoms with E-state index in [1.54, 1.807) is 6.07 Å². The number of hydrogen-bond acceptors (Lipinski definition) is 4. The average Bonchev–Trinajstić information content (AvgIpc) is 2.34. The smallest absolute Gasteiger partial charge is 0.150 e. The molecule has 0 aliphatic heterocycles. The van der Waals surface area contributed by atoms with E-state index in [0.717, 1.165) is 0 Å². The number of azide groups is 1. The van der Waals surface area contributed by atoms with Gasteiger partial charge in [-0.25, -0.2) is 0 Å². The van der Waals surface area contributed by atoms with Crippen LogP contribution in [0.2, 0.25) is 5.02 Å². The maximum absolute atomic E-state index is 10.8. The molecule has 1 aromatic rings. The first-order valence-electron chi connectivity index (χ1n) is 4.72. The van der Waals surface area contributed by atoms with Crippen molar-refractivity contribution in [2.24, 2.45) is 5.11 Å². The van der Waals surface area contributed by atoms with Crippen molar-refractivity contribution in [2.75, 3.05) is 6.54 Å². The zero-order chi connectivity index (χ0) is 12.8. The third kappa shape index (κ3) is 3.18. The fourth-order valence-electron chi connectivity index (χ4n) is 1.38. The molecule has 0 fully saturated rings. The summed E-state index contributed by atoms with van der Waals surface area (Å²) in [5, 5.41) is 22.7. The molecule has 0 saturated heterocycles. The van der Waals surface area contributed by atoms with Gasteiger partial charge in [-0.2, -0.15) is 0 Å². The number of nitrogens with zero attached hydrogens (tertiary/aromatic N) is 3. The molecule has 0 saturated carbocycles. The predicted molar refractivity (Wildman–Crippen MR) is 61.8 cm³/mol. The first kappa shape index (κ1) is 13.5. The molecule has 2 N–H and O–H groups in total. The van der Waals surface area contributed by atoms with Crippen molar-refractivity contribution in [3.8, 4) is 0 Å². The van der Waals surface area contributed by atoms with Crippen LogP contribution in [0.5, 0.6) is 0 Å². The van der Waals surface area contributed by atoms with E-state index in [0.29, 0.717) is 6.29 Å². The van der Waals surface area contributed by atoms with E-state index in [9.17, 15) is 15.0 Å². The first-order chi connectivity index (χ1) is 8.11. The summed E-state index contributed by atoms with van der Waals surface area (Å²) < 4.78 is 0. The number of aliphatic hydroxyl groups excluding tert-OH is 2. The Kier molecular flexibility index (Phi) is 4.93. The second-order valence-electron chi connectivity index (χ2n) is 3.29. The van der Waals surface area contributed by atoms with E-state index in [-0.39, 0.29) is 22.7 Å². The summed E-state index contributed by atoms with van der Waals surface area (Å²) in [4.78, 5) is 13.3. The Morgan fingerprint density at radius 2 is 2.24 bits per heavy atom. The van der Waals surface area contributed by atoms with Crippen LogP contribution in [0.15, 0.2) is 23.3 Å². The summed E-state index contributed by atoms with van der Waals surface area (Å²) in [6, 6.07) is 4.52. The van der Waals surface area contributed by atoms with Crippen LogP contribution in [0.25, 0.3) is 10.4 Å². The van der Waals surface area contributed by atoms with Crippen LogP contribution in [-0.2, 0) is 0 Å². The number of aldehydes is 1. The van der Waals surface area contributed by atoms with Gasteiger partial charge < -0.3 is 10.2 Å². The number of carbonyl (C=O) groups excluding carboxylic acids is 1. The number of halogens is 1. The fourth-order valence-corrected chi connectivity index (χ4v) is 1.67. The molecule has 0 aliphatic rings. The van der Waals surface area contributed by atoms with Crippen molar-refractivity contribution >= 4 is 17.9 Å². The molecule has 0 spiro atoms. The van der Waals surface area contributed by atoms with E-state index in [4.69, 9.17) is 17.1 Å². The maximum atomic E-state index is 10.8. The van der Waals surface area contributed by atoms with Crippen molar-refractivity contribution in [1.82, 2.24) is 0 Å². The zero-order valence-electron chi connectivity index (χ0n) is 8.69. The highest BCUT2D eigenvalue weighted by molar-refractivity contribution is 6.31. The summed E-state index contributed by atoms with van der Waals surface area (Å²) >= 11 is 5.85. The minimum Gasteiger partial charge on any atom is -0.390 e. The zero-order valence-corrected chi connectivity index (χ0v) is 9.45. The largest absolute Gasteiger partial charge is 0.390 e. The van der Waals surface area contributed by atoms with Gasteiger partial charge in [-0.1, -0.05) is 28.8 Å². The highest BCUT2D eigenvalue weighted by Gasteiger charge is 2.22. The molecule has 1 rings (SSSR count). The molecule has 0 heterocycles. The molecule has 6 nitrogen and oxygen atoms in total. The normalized spacial score (nSPS) is 13.6. The Labute approximate surface area is 102 Å². The van der Waals surface area contributed by atoms with E-state index >= 15 is 0 Å². The van der Waals surface area contributed by atoms with E-state index < -0.39 is 12.2 Å². The summed E-state index contributed by atoms with van der Waals surface area (Å²) in [5.41, 5.74) is 8.42. The molecule has 0 radical (unpaired) electrons. The Morgan fingerprint density at radius 1 is 1.53 bits per heavy atom. The van der Waals surface area contributed by atoms with Gasteiger partial charge in [-0.3, -0.25) is 4.79 Å². The Bertz CT molecular complexity index is 460. The molecule has 7 heteroatoms. The van der Waals surface area contributed by atoms with Crippen LogP contribution in [0, 0.1) is 0 Å². The second kappa shape index (κ2) is 6.22. The van der Waals surface area contributed by atoms with Crippen LogP contribution < -0.4 is 0 Å². The van der Waals surface area contributed by atoms with Crippen LogP contribution >= 0.6 is 11.6 Å². The molecule has 2 atom stereocenters. The third-order valence-electron chi connectivity index (χ3n) is 2.21. The van der Waals surface area contributed by atoms with E-state index in [2.05, 4.69) is 10.0 Å². The standard InChI is InChI=1S/C10H10ClN3O3/c11-7-3-1-2-6(5-15)9(7)10(17)8(16)4-13-14-12/h1-3,5,8,10,16-17H,4H2. The number of rotatable bonds is 5. The third-order valence-corrected chi connectivity index (χ3v) is 2.54. The molecule has 2 unspecified atom stereocenters. The Hall–Kier alpha value is -1.59. The SMILES string of the molecule is [N-]=[N+]=NCC(O)C(O)c1c(Cl)cccc1C=O. The molecular formula is C10H10ClN3O3. The summed E-state index contributed by atoms with van der Waals surface area (Å²) in [7, 11) is 0. The molecule has 0 aromatic heterocycles. The highest BCUT2D eigenvalue weighted by Crippen LogP contribution is 2.28. The first-order valence-corrected chi connectivity index (χ1v) is 5.10.